The van der Waals surface area contributed by atoms with Gasteiger partial charge in [0.2, 0.25) is 0 Å². The molecule has 1 aliphatic heterocycles. The van der Waals surface area contributed by atoms with E-state index in [0.29, 0.717) is 5.92 Å². The van der Waals surface area contributed by atoms with Gasteiger partial charge >= 0.3 is 0 Å². The Morgan fingerprint density at radius 2 is 2.46 bits per heavy atom. The van der Waals surface area contributed by atoms with Crippen molar-refractivity contribution in [1.29, 1.82) is 0 Å². The molecule has 0 aromatic heterocycles. The predicted octanol–water partition coefficient (Wildman–Crippen LogP) is 2.13. The second-order valence-electron chi connectivity index (χ2n) is 4.04. The Kier molecular flexibility index (Phi) is 4.46. The number of rotatable bonds is 4. The third-order valence-corrected chi connectivity index (χ3v) is 2.61. The highest BCUT2D eigenvalue weighted by atomic mass is 16.5. The van der Waals surface area contributed by atoms with Crippen LogP contribution in [0.15, 0.2) is 12.2 Å². The van der Waals surface area contributed by atoms with Gasteiger partial charge in [0.1, 0.15) is 0 Å². The minimum atomic E-state index is -0.197. The van der Waals surface area contributed by atoms with Crippen molar-refractivity contribution in [2.24, 2.45) is 5.92 Å². The van der Waals surface area contributed by atoms with Gasteiger partial charge in [-0.2, -0.15) is 0 Å². The predicted molar refractivity (Wildman–Crippen MR) is 53.6 cm³/mol. The van der Waals surface area contributed by atoms with Gasteiger partial charge in [-0.05, 0) is 32.6 Å². The van der Waals surface area contributed by atoms with E-state index in [9.17, 15) is 5.11 Å². The van der Waals surface area contributed by atoms with Crippen LogP contribution in [0.5, 0.6) is 0 Å². The normalized spacial score (nSPS) is 25.5. The van der Waals surface area contributed by atoms with Crippen LogP contribution in [0.1, 0.15) is 32.6 Å². The van der Waals surface area contributed by atoms with Crippen molar-refractivity contribution in [3.05, 3.63) is 12.2 Å². The molecule has 0 aromatic carbocycles. The maximum Gasteiger partial charge on any atom is 0.0593 e. The summed E-state index contributed by atoms with van der Waals surface area (Å²) < 4.78 is 5.33. The van der Waals surface area contributed by atoms with Crippen LogP contribution in [0.3, 0.4) is 0 Å². The van der Waals surface area contributed by atoms with Gasteiger partial charge < -0.3 is 9.84 Å². The second-order valence-corrected chi connectivity index (χ2v) is 4.04. The summed E-state index contributed by atoms with van der Waals surface area (Å²) in [5.74, 6) is 0.355. The van der Waals surface area contributed by atoms with Crippen molar-refractivity contribution in [2.45, 2.75) is 38.7 Å². The molecular formula is C11H20O2. The maximum atomic E-state index is 9.80. The zero-order valence-corrected chi connectivity index (χ0v) is 8.46. The average Bonchev–Trinajstić information content (AvgIpc) is 2.15. The molecule has 0 saturated carbocycles. The number of hydrogen-bond acceptors (Lipinski definition) is 2. The largest absolute Gasteiger partial charge is 0.393 e. The van der Waals surface area contributed by atoms with E-state index < -0.39 is 0 Å². The molecule has 13 heavy (non-hydrogen) atoms. The SMILES string of the molecule is C=C(C)CCC(O)C1CCCOC1. The molecule has 0 aromatic rings. The molecule has 1 N–H and O–H groups in total. The van der Waals surface area contributed by atoms with E-state index in [-0.39, 0.29) is 6.10 Å². The smallest absolute Gasteiger partial charge is 0.0593 e. The standard InChI is InChI=1S/C11H20O2/c1-9(2)5-6-11(12)10-4-3-7-13-8-10/h10-12H,1,3-8H2,2H3. The molecule has 0 aliphatic carbocycles. The third kappa shape index (κ3) is 3.92. The molecule has 0 spiro atoms. The van der Waals surface area contributed by atoms with Gasteiger partial charge in [-0.15, -0.1) is 6.58 Å². The Hall–Kier alpha value is -0.340. The summed E-state index contributed by atoms with van der Waals surface area (Å²) in [4.78, 5) is 0. The molecule has 0 radical (unpaired) electrons. The third-order valence-electron chi connectivity index (χ3n) is 2.61. The lowest BCUT2D eigenvalue weighted by Crippen LogP contribution is -2.28. The summed E-state index contributed by atoms with van der Waals surface area (Å²) in [6.45, 7) is 7.43. The molecule has 76 valence electrons. The Morgan fingerprint density at radius 1 is 1.69 bits per heavy atom. The molecule has 2 atom stereocenters. The fraction of sp³-hybridized carbons (Fsp3) is 0.818. The van der Waals surface area contributed by atoms with Gasteiger partial charge in [-0.3, -0.25) is 0 Å². The van der Waals surface area contributed by atoms with Crippen molar-refractivity contribution in [3.8, 4) is 0 Å². The summed E-state index contributed by atoms with van der Waals surface area (Å²) in [6, 6.07) is 0. The zero-order valence-electron chi connectivity index (χ0n) is 8.46. The first kappa shape index (κ1) is 10.7. The van der Waals surface area contributed by atoms with E-state index in [1.165, 1.54) is 0 Å². The van der Waals surface area contributed by atoms with Crippen molar-refractivity contribution in [1.82, 2.24) is 0 Å². The summed E-state index contributed by atoms with van der Waals surface area (Å²) in [7, 11) is 0. The summed E-state index contributed by atoms with van der Waals surface area (Å²) in [6.07, 6.45) is 3.77. The topological polar surface area (TPSA) is 29.5 Å². The Bertz CT molecular complexity index is 159. The van der Waals surface area contributed by atoms with Crippen LogP contribution < -0.4 is 0 Å². The van der Waals surface area contributed by atoms with E-state index >= 15 is 0 Å². The molecule has 2 unspecified atom stereocenters. The average molecular weight is 184 g/mol. The molecule has 1 saturated heterocycles. The van der Waals surface area contributed by atoms with Crippen LogP contribution in [0.4, 0.5) is 0 Å². The highest BCUT2D eigenvalue weighted by molar-refractivity contribution is 4.89. The Balaban J connectivity index is 2.20. The van der Waals surface area contributed by atoms with Crippen LogP contribution in [-0.2, 0) is 4.74 Å². The highest BCUT2D eigenvalue weighted by Crippen LogP contribution is 2.21. The second kappa shape index (κ2) is 5.40. The number of aliphatic hydroxyl groups is 1. The lowest BCUT2D eigenvalue weighted by atomic mass is 9.92. The molecule has 0 amide bonds. The highest BCUT2D eigenvalue weighted by Gasteiger charge is 2.21. The molecule has 1 aliphatic rings. The van der Waals surface area contributed by atoms with Crippen LogP contribution in [0.2, 0.25) is 0 Å². The van der Waals surface area contributed by atoms with Crippen molar-refractivity contribution >= 4 is 0 Å². The van der Waals surface area contributed by atoms with Crippen LogP contribution in [-0.4, -0.2) is 24.4 Å². The van der Waals surface area contributed by atoms with Gasteiger partial charge in [0.15, 0.2) is 0 Å². The minimum absolute atomic E-state index is 0.197. The summed E-state index contributed by atoms with van der Waals surface area (Å²) in [5.41, 5.74) is 1.15. The molecule has 0 bridgehead atoms. The molecule has 1 rings (SSSR count). The van der Waals surface area contributed by atoms with Crippen LogP contribution in [0, 0.1) is 5.92 Å². The lowest BCUT2D eigenvalue weighted by molar-refractivity contribution is -0.0116. The van der Waals surface area contributed by atoms with E-state index in [4.69, 9.17) is 4.74 Å². The number of hydrogen-bond donors (Lipinski definition) is 1. The van der Waals surface area contributed by atoms with Gasteiger partial charge in [-0.25, -0.2) is 0 Å². The van der Waals surface area contributed by atoms with Gasteiger partial charge in [0.25, 0.3) is 0 Å². The van der Waals surface area contributed by atoms with Crippen molar-refractivity contribution < 1.29 is 9.84 Å². The van der Waals surface area contributed by atoms with Crippen molar-refractivity contribution in [2.75, 3.05) is 13.2 Å². The number of ether oxygens (including phenoxy) is 1. The van der Waals surface area contributed by atoms with Gasteiger partial charge in [0.05, 0.1) is 12.7 Å². The van der Waals surface area contributed by atoms with Crippen molar-refractivity contribution in [3.63, 3.8) is 0 Å². The maximum absolute atomic E-state index is 9.80. The summed E-state index contributed by atoms with van der Waals surface area (Å²) >= 11 is 0. The number of aliphatic hydroxyl groups excluding tert-OH is 1. The summed E-state index contributed by atoms with van der Waals surface area (Å²) in [5, 5.41) is 9.80. The quantitative estimate of drug-likeness (QED) is 0.678. The van der Waals surface area contributed by atoms with E-state index in [1.807, 2.05) is 6.92 Å². The van der Waals surface area contributed by atoms with E-state index in [1.54, 1.807) is 0 Å². The lowest BCUT2D eigenvalue weighted by Gasteiger charge is -2.26. The fourth-order valence-electron chi connectivity index (χ4n) is 1.70. The first-order valence-electron chi connectivity index (χ1n) is 5.10. The van der Waals surface area contributed by atoms with Crippen LogP contribution in [0.25, 0.3) is 0 Å². The number of allylic oxidation sites excluding steroid dienone is 1. The van der Waals surface area contributed by atoms with Gasteiger partial charge in [-0.1, -0.05) is 5.57 Å². The van der Waals surface area contributed by atoms with E-state index in [0.717, 1.165) is 44.5 Å². The monoisotopic (exact) mass is 184 g/mol. The fourth-order valence-corrected chi connectivity index (χ4v) is 1.70. The van der Waals surface area contributed by atoms with Gasteiger partial charge in [0, 0.05) is 12.5 Å². The molecular weight excluding hydrogens is 164 g/mol. The molecule has 1 fully saturated rings. The molecule has 2 nitrogen and oxygen atoms in total. The minimum Gasteiger partial charge on any atom is -0.393 e. The molecule has 1 heterocycles. The first-order valence-corrected chi connectivity index (χ1v) is 5.10. The van der Waals surface area contributed by atoms with Crippen LogP contribution >= 0.6 is 0 Å². The zero-order chi connectivity index (χ0) is 9.68. The molecule has 2 heteroatoms. The Labute approximate surface area is 80.6 Å². The Morgan fingerprint density at radius 3 is 3.00 bits per heavy atom. The first-order chi connectivity index (χ1) is 6.20. The van der Waals surface area contributed by atoms with E-state index in [2.05, 4.69) is 6.58 Å².